The van der Waals surface area contributed by atoms with Crippen molar-refractivity contribution >= 4 is 10.0 Å². The molecular weight excluding hydrogens is 264 g/mol. The summed E-state index contributed by atoms with van der Waals surface area (Å²) in [7, 11) is -3.34. The normalized spacial score (nSPS) is 24.3. The molecule has 0 spiro atoms. The lowest BCUT2D eigenvalue weighted by molar-refractivity contribution is 0.101. The van der Waals surface area contributed by atoms with Crippen molar-refractivity contribution in [3.8, 4) is 0 Å². The molecule has 1 aliphatic rings. The quantitative estimate of drug-likeness (QED) is 0.840. The number of rotatable bonds is 5. The minimum Gasteiger partial charge on any atom is -0.391 e. The first-order valence-electron chi connectivity index (χ1n) is 6.64. The van der Waals surface area contributed by atoms with E-state index in [1.165, 1.54) is 0 Å². The van der Waals surface area contributed by atoms with Crippen LogP contribution in [0.3, 0.4) is 0 Å². The molecule has 19 heavy (non-hydrogen) atoms. The topological polar surface area (TPSA) is 79.3 Å². The van der Waals surface area contributed by atoms with Crippen molar-refractivity contribution in [2.24, 2.45) is 0 Å². The van der Waals surface area contributed by atoms with Gasteiger partial charge in [0, 0.05) is 18.4 Å². The molecule has 2 N–H and O–H groups in total. The van der Waals surface area contributed by atoms with Gasteiger partial charge in [0.05, 0.1) is 11.9 Å². The summed E-state index contributed by atoms with van der Waals surface area (Å²) in [5, 5.41) is 9.78. The molecule has 1 fully saturated rings. The third kappa shape index (κ3) is 4.56. The first-order chi connectivity index (χ1) is 9.07. The second kappa shape index (κ2) is 6.45. The maximum atomic E-state index is 12.0. The van der Waals surface area contributed by atoms with Gasteiger partial charge in [-0.15, -0.1) is 0 Å². The summed E-state index contributed by atoms with van der Waals surface area (Å²) in [6, 6.07) is 3.30. The Morgan fingerprint density at radius 3 is 2.63 bits per heavy atom. The number of nitrogens with zero attached hydrogens (tertiary/aromatic N) is 1. The molecule has 2 atom stereocenters. The van der Waals surface area contributed by atoms with Crippen LogP contribution in [-0.2, 0) is 16.4 Å². The van der Waals surface area contributed by atoms with E-state index in [-0.39, 0.29) is 11.8 Å². The zero-order chi connectivity index (χ0) is 13.7. The summed E-state index contributed by atoms with van der Waals surface area (Å²) in [5.41, 5.74) is 0.949. The lowest BCUT2D eigenvalue weighted by Gasteiger charge is -2.28. The molecule has 0 aromatic carbocycles. The standard InChI is InChI=1S/C13H20N2O3S/c16-13-4-2-1-3-12(13)15-19(17,18)10-7-11-5-8-14-9-6-11/h5-6,8-9,12-13,15-16H,1-4,7,10H2/t12-,13-/m1/s1. The lowest BCUT2D eigenvalue weighted by Crippen LogP contribution is -2.45. The van der Waals surface area contributed by atoms with Crippen LogP contribution in [0.2, 0.25) is 0 Å². The van der Waals surface area contributed by atoms with Crippen LogP contribution >= 0.6 is 0 Å². The number of sulfonamides is 1. The molecule has 1 heterocycles. The molecule has 2 rings (SSSR count). The molecular formula is C13H20N2O3S. The SMILES string of the molecule is O=S(=O)(CCc1ccncc1)N[C@@H]1CCCC[C@H]1O. The molecule has 5 nitrogen and oxygen atoms in total. The van der Waals surface area contributed by atoms with E-state index in [0.29, 0.717) is 12.8 Å². The summed E-state index contributed by atoms with van der Waals surface area (Å²) in [6.45, 7) is 0. The molecule has 0 radical (unpaired) electrons. The van der Waals surface area contributed by atoms with E-state index in [4.69, 9.17) is 0 Å². The Labute approximate surface area is 114 Å². The number of hydrogen-bond donors (Lipinski definition) is 2. The molecule has 0 bridgehead atoms. The minimum absolute atomic E-state index is 0.0419. The predicted molar refractivity (Wildman–Crippen MR) is 73.1 cm³/mol. The Bertz CT molecular complexity index is 490. The van der Waals surface area contributed by atoms with Gasteiger partial charge in [-0.05, 0) is 37.0 Å². The lowest BCUT2D eigenvalue weighted by atomic mass is 9.93. The van der Waals surface area contributed by atoms with E-state index in [1.54, 1.807) is 12.4 Å². The highest BCUT2D eigenvalue weighted by Crippen LogP contribution is 2.19. The summed E-state index contributed by atoms with van der Waals surface area (Å²) < 4.78 is 26.6. The molecule has 0 unspecified atom stereocenters. The van der Waals surface area contributed by atoms with Gasteiger partial charge in [0.15, 0.2) is 0 Å². The second-order valence-corrected chi connectivity index (χ2v) is 6.87. The molecule has 1 aromatic rings. The highest BCUT2D eigenvalue weighted by molar-refractivity contribution is 7.89. The van der Waals surface area contributed by atoms with Gasteiger partial charge in [-0.3, -0.25) is 4.98 Å². The average molecular weight is 284 g/mol. The number of aliphatic hydroxyl groups is 1. The van der Waals surface area contributed by atoms with Gasteiger partial charge in [-0.25, -0.2) is 13.1 Å². The van der Waals surface area contributed by atoms with Crippen LogP contribution in [0.15, 0.2) is 24.5 Å². The number of aryl methyl sites for hydroxylation is 1. The maximum absolute atomic E-state index is 12.0. The number of nitrogens with one attached hydrogen (secondary N) is 1. The third-order valence-corrected chi connectivity index (χ3v) is 4.87. The molecule has 1 saturated carbocycles. The van der Waals surface area contributed by atoms with E-state index in [0.717, 1.165) is 24.8 Å². The first kappa shape index (κ1) is 14.4. The van der Waals surface area contributed by atoms with Gasteiger partial charge < -0.3 is 5.11 Å². The molecule has 0 saturated heterocycles. The van der Waals surface area contributed by atoms with Gasteiger partial charge >= 0.3 is 0 Å². The van der Waals surface area contributed by atoms with Crippen LogP contribution in [0, 0.1) is 0 Å². The van der Waals surface area contributed by atoms with E-state index in [2.05, 4.69) is 9.71 Å². The summed E-state index contributed by atoms with van der Waals surface area (Å²) in [6.07, 6.45) is 6.55. The van der Waals surface area contributed by atoms with Crippen molar-refractivity contribution in [1.82, 2.24) is 9.71 Å². The smallest absolute Gasteiger partial charge is 0.212 e. The first-order valence-corrected chi connectivity index (χ1v) is 8.29. The fraction of sp³-hybridized carbons (Fsp3) is 0.615. The van der Waals surface area contributed by atoms with Gasteiger partial charge in [-0.1, -0.05) is 12.8 Å². The van der Waals surface area contributed by atoms with Crippen molar-refractivity contribution in [3.63, 3.8) is 0 Å². The van der Waals surface area contributed by atoms with Crippen molar-refractivity contribution in [1.29, 1.82) is 0 Å². The van der Waals surface area contributed by atoms with E-state index in [1.807, 2.05) is 12.1 Å². The Morgan fingerprint density at radius 2 is 1.95 bits per heavy atom. The van der Waals surface area contributed by atoms with Gasteiger partial charge in [0.1, 0.15) is 0 Å². The highest BCUT2D eigenvalue weighted by atomic mass is 32.2. The average Bonchev–Trinajstić information content (AvgIpc) is 2.40. The monoisotopic (exact) mass is 284 g/mol. The maximum Gasteiger partial charge on any atom is 0.212 e. The fourth-order valence-electron chi connectivity index (χ4n) is 2.34. The Hall–Kier alpha value is -0.980. The summed E-state index contributed by atoms with van der Waals surface area (Å²) >= 11 is 0. The number of aliphatic hydroxyl groups excluding tert-OH is 1. The Morgan fingerprint density at radius 1 is 1.26 bits per heavy atom. The molecule has 1 aromatic heterocycles. The van der Waals surface area contributed by atoms with Crippen LogP contribution in [0.4, 0.5) is 0 Å². The van der Waals surface area contributed by atoms with Gasteiger partial charge in [0.2, 0.25) is 10.0 Å². The third-order valence-electron chi connectivity index (χ3n) is 3.47. The molecule has 0 amide bonds. The molecule has 0 aliphatic heterocycles. The summed E-state index contributed by atoms with van der Waals surface area (Å²) in [5.74, 6) is 0.0419. The van der Waals surface area contributed by atoms with E-state index in [9.17, 15) is 13.5 Å². The zero-order valence-electron chi connectivity index (χ0n) is 10.8. The van der Waals surface area contributed by atoms with Crippen LogP contribution in [0.1, 0.15) is 31.2 Å². The minimum atomic E-state index is -3.34. The predicted octanol–water partition coefficient (Wildman–Crippen LogP) is 0.847. The fourth-order valence-corrected chi connectivity index (χ4v) is 3.70. The molecule has 106 valence electrons. The largest absolute Gasteiger partial charge is 0.391 e. The number of aromatic nitrogens is 1. The second-order valence-electron chi connectivity index (χ2n) is 5.00. The molecule has 1 aliphatic carbocycles. The summed E-state index contributed by atoms with van der Waals surface area (Å²) in [4.78, 5) is 3.90. The number of hydrogen-bond acceptors (Lipinski definition) is 4. The van der Waals surface area contributed by atoms with E-state index < -0.39 is 16.1 Å². The molecule has 6 heteroatoms. The zero-order valence-corrected chi connectivity index (χ0v) is 11.6. The van der Waals surface area contributed by atoms with Crippen LogP contribution in [0.25, 0.3) is 0 Å². The van der Waals surface area contributed by atoms with Crippen molar-refractivity contribution in [2.75, 3.05) is 5.75 Å². The Kier molecular flexibility index (Phi) is 4.90. The van der Waals surface area contributed by atoms with Crippen molar-refractivity contribution in [3.05, 3.63) is 30.1 Å². The van der Waals surface area contributed by atoms with Crippen molar-refractivity contribution < 1.29 is 13.5 Å². The Balaban J connectivity index is 1.88. The van der Waals surface area contributed by atoms with Gasteiger partial charge in [-0.2, -0.15) is 0 Å². The van der Waals surface area contributed by atoms with Crippen LogP contribution in [-0.4, -0.2) is 36.4 Å². The van der Waals surface area contributed by atoms with Crippen LogP contribution in [0.5, 0.6) is 0 Å². The van der Waals surface area contributed by atoms with Crippen molar-refractivity contribution in [2.45, 2.75) is 44.2 Å². The van der Waals surface area contributed by atoms with Gasteiger partial charge in [0.25, 0.3) is 0 Å². The van der Waals surface area contributed by atoms with Crippen LogP contribution < -0.4 is 4.72 Å². The van der Waals surface area contributed by atoms with E-state index >= 15 is 0 Å². The highest BCUT2D eigenvalue weighted by Gasteiger charge is 2.26. The number of pyridine rings is 1.